The molecule has 0 aromatic heterocycles. The van der Waals surface area contributed by atoms with Gasteiger partial charge < -0.3 is 0 Å². The molecular weight excluding hydrogens is 254 g/mol. The molecule has 0 bridgehead atoms. The van der Waals surface area contributed by atoms with E-state index in [4.69, 9.17) is 11.6 Å². The van der Waals surface area contributed by atoms with E-state index in [1.54, 1.807) is 13.0 Å². The Balaban J connectivity index is 3.24. The van der Waals surface area contributed by atoms with Gasteiger partial charge in [0.2, 0.25) is 0 Å². The molecule has 0 saturated heterocycles. The van der Waals surface area contributed by atoms with Gasteiger partial charge in [-0.25, -0.2) is 0 Å². The molecule has 96 valence electrons. The zero-order valence-electron chi connectivity index (χ0n) is 10.3. The van der Waals surface area contributed by atoms with E-state index < -0.39 is 10.2 Å². The van der Waals surface area contributed by atoms with Crippen molar-refractivity contribution in [2.75, 3.05) is 0 Å². The molecule has 0 spiro atoms. The fraction of sp³-hybridized carbons (Fsp3) is 0.308. The van der Waals surface area contributed by atoms with Gasteiger partial charge in [0.1, 0.15) is 0 Å². The third-order valence-corrected chi connectivity index (χ3v) is 2.78. The fourth-order valence-electron chi connectivity index (χ4n) is 1.68. The van der Waals surface area contributed by atoms with Gasteiger partial charge in [-0.3, -0.25) is 14.9 Å². The van der Waals surface area contributed by atoms with Gasteiger partial charge in [-0.2, -0.15) is 0 Å². The molecule has 0 radical (unpaired) electrons. The van der Waals surface area contributed by atoms with Crippen molar-refractivity contribution < 1.29 is 9.72 Å². The highest BCUT2D eigenvalue weighted by atomic mass is 35.5. The van der Waals surface area contributed by atoms with Crippen LogP contribution in [0.2, 0.25) is 0 Å². The molecule has 5 heteroatoms. The van der Waals surface area contributed by atoms with Crippen LogP contribution >= 0.6 is 11.6 Å². The first-order chi connectivity index (χ1) is 8.47. The van der Waals surface area contributed by atoms with Crippen molar-refractivity contribution in [2.45, 2.75) is 26.7 Å². The van der Waals surface area contributed by atoms with Crippen molar-refractivity contribution in [1.82, 2.24) is 0 Å². The molecule has 4 nitrogen and oxygen atoms in total. The number of aryl methyl sites for hydroxylation is 1. The Kier molecular flexibility index (Phi) is 5.04. The Morgan fingerprint density at radius 3 is 2.61 bits per heavy atom. The molecule has 0 N–H and O–H groups in total. The molecule has 0 aliphatic carbocycles. The molecular formula is C13H14ClNO3. The van der Waals surface area contributed by atoms with Crippen LogP contribution in [0.15, 0.2) is 24.3 Å². The summed E-state index contributed by atoms with van der Waals surface area (Å²) >= 11 is 5.39. The maximum absolute atomic E-state index is 11.1. The van der Waals surface area contributed by atoms with E-state index >= 15 is 0 Å². The van der Waals surface area contributed by atoms with Crippen LogP contribution in [0, 0.1) is 17.0 Å². The Morgan fingerprint density at radius 2 is 2.11 bits per heavy atom. The SMILES string of the molecule is CCC=CCc1cc(C)c(C(=O)Cl)cc1[N+](=O)[O-]. The lowest BCUT2D eigenvalue weighted by atomic mass is 10.0. The number of nitro benzene ring substituents is 1. The molecule has 0 atom stereocenters. The molecule has 0 aliphatic heterocycles. The second-order valence-electron chi connectivity index (χ2n) is 3.91. The Labute approximate surface area is 110 Å². The van der Waals surface area contributed by atoms with E-state index in [1.165, 1.54) is 6.07 Å². The van der Waals surface area contributed by atoms with Gasteiger partial charge in [0.25, 0.3) is 10.9 Å². The highest BCUT2D eigenvalue weighted by Gasteiger charge is 2.18. The van der Waals surface area contributed by atoms with Crippen LogP contribution in [-0.2, 0) is 6.42 Å². The van der Waals surface area contributed by atoms with Gasteiger partial charge in [-0.15, -0.1) is 0 Å². The molecule has 0 aliphatic rings. The Hall–Kier alpha value is -1.68. The van der Waals surface area contributed by atoms with Gasteiger partial charge in [-0.1, -0.05) is 19.1 Å². The molecule has 1 aromatic rings. The summed E-state index contributed by atoms with van der Waals surface area (Å²) in [7, 11) is 0. The van der Waals surface area contributed by atoms with Gasteiger partial charge in [0.05, 0.1) is 4.92 Å². The summed E-state index contributed by atoms with van der Waals surface area (Å²) in [6.45, 7) is 3.71. The zero-order chi connectivity index (χ0) is 13.7. The number of allylic oxidation sites excluding steroid dienone is 2. The third kappa shape index (κ3) is 3.40. The van der Waals surface area contributed by atoms with Gasteiger partial charge in [0, 0.05) is 17.2 Å². The number of nitro groups is 1. The van der Waals surface area contributed by atoms with Crippen LogP contribution in [0.25, 0.3) is 0 Å². The topological polar surface area (TPSA) is 60.2 Å². The lowest BCUT2D eigenvalue weighted by molar-refractivity contribution is -0.385. The minimum Gasteiger partial charge on any atom is -0.276 e. The number of benzene rings is 1. The maximum atomic E-state index is 11.1. The number of hydrogen-bond acceptors (Lipinski definition) is 3. The van der Waals surface area contributed by atoms with Crippen molar-refractivity contribution in [3.8, 4) is 0 Å². The van der Waals surface area contributed by atoms with Crippen LogP contribution in [0.3, 0.4) is 0 Å². The van der Waals surface area contributed by atoms with Gasteiger partial charge in [0.15, 0.2) is 0 Å². The number of rotatable bonds is 5. The van der Waals surface area contributed by atoms with Crippen LogP contribution < -0.4 is 0 Å². The number of nitrogens with zero attached hydrogens (tertiary/aromatic N) is 1. The summed E-state index contributed by atoms with van der Waals surface area (Å²) in [4.78, 5) is 21.6. The first-order valence-corrected chi connectivity index (χ1v) is 5.98. The van der Waals surface area contributed by atoms with E-state index in [0.29, 0.717) is 17.5 Å². The number of carbonyl (C=O) groups excluding carboxylic acids is 1. The van der Waals surface area contributed by atoms with E-state index in [0.717, 1.165) is 6.42 Å². The largest absolute Gasteiger partial charge is 0.276 e. The van der Waals surface area contributed by atoms with Crippen molar-refractivity contribution in [3.05, 3.63) is 51.1 Å². The summed E-state index contributed by atoms with van der Waals surface area (Å²) in [5.74, 6) is 0. The number of carbonyl (C=O) groups is 1. The lowest BCUT2D eigenvalue weighted by Gasteiger charge is -2.05. The first kappa shape index (κ1) is 14.4. The van der Waals surface area contributed by atoms with Crippen LogP contribution in [0.4, 0.5) is 5.69 Å². The van der Waals surface area contributed by atoms with E-state index in [-0.39, 0.29) is 11.3 Å². The summed E-state index contributed by atoms with van der Waals surface area (Å²) in [5.41, 5.74) is 1.36. The highest BCUT2D eigenvalue weighted by molar-refractivity contribution is 6.68. The standard InChI is InChI=1S/C13H14ClNO3/c1-3-4-5-6-10-7-9(2)11(13(14)16)8-12(10)15(17)18/h4-5,7-8H,3,6H2,1-2H3. The molecule has 1 aromatic carbocycles. The first-order valence-electron chi connectivity index (χ1n) is 5.60. The molecule has 0 saturated carbocycles. The predicted octanol–water partition coefficient (Wildman–Crippen LogP) is 3.79. The van der Waals surface area contributed by atoms with E-state index in [1.807, 2.05) is 19.1 Å². The maximum Gasteiger partial charge on any atom is 0.273 e. The normalized spacial score (nSPS) is 10.8. The van der Waals surface area contributed by atoms with Gasteiger partial charge >= 0.3 is 0 Å². The van der Waals surface area contributed by atoms with E-state index in [9.17, 15) is 14.9 Å². The van der Waals surface area contributed by atoms with Crippen LogP contribution in [0.5, 0.6) is 0 Å². The Bertz CT molecular complexity index is 509. The summed E-state index contributed by atoms with van der Waals surface area (Å²) < 4.78 is 0. The number of halogens is 1. The second-order valence-corrected chi connectivity index (χ2v) is 4.25. The fourth-order valence-corrected chi connectivity index (χ4v) is 1.88. The highest BCUT2D eigenvalue weighted by Crippen LogP contribution is 2.25. The van der Waals surface area contributed by atoms with Crippen molar-refractivity contribution >= 4 is 22.5 Å². The van der Waals surface area contributed by atoms with Crippen molar-refractivity contribution in [2.24, 2.45) is 0 Å². The third-order valence-electron chi connectivity index (χ3n) is 2.57. The number of hydrogen-bond donors (Lipinski definition) is 0. The zero-order valence-corrected chi connectivity index (χ0v) is 11.0. The summed E-state index contributed by atoms with van der Waals surface area (Å²) in [6.07, 6.45) is 5.18. The molecule has 0 amide bonds. The molecule has 0 fully saturated rings. The molecule has 0 heterocycles. The Morgan fingerprint density at radius 1 is 1.44 bits per heavy atom. The molecule has 1 rings (SSSR count). The molecule has 0 unspecified atom stereocenters. The monoisotopic (exact) mass is 267 g/mol. The van der Waals surface area contributed by atoms with Gasteiger partial charge in [-0.05, 0) is 43.0 Å². The minimum absolute atomic E-state index is 0.0645. The second kappa shape index (κ2) is 6.31. The quantitative estimate of drug-likeness (QED) is 0.353. The lowest BCUT2D eigenvalue weighted by Crippen LogP contribution is -2.01. The van der Waals surface area contributed by atoms with Crippen LogP contribution in [0.1, 0.15) is 34.8 Å². The van der Waals surface area contributed by atoms with Crippen LogP contribution in [-0.4, -0.2) is 10.2 Å². The molecule has 18 heavy (non-hydrogen) atoms. The van der Waals surface area contributed by atoms with E-state index in [2.05, 4.69) is 0 Å². The minimum atomic E-state index is -0.675. The average molecular weight is 268 g/mol. The predicted molar refractivity (Wildman–Crippen MR) is 71.2 cm³/mol. The summed E-state index contributed by atoms with van der Waals surface area (Å²) in [6, 6.07) is 2.90. The smallest absolute Gasteiger partial charge is 0.273 e. The summed E-state index contributed by atoms with van der Waals surface area (Å²) in [5, 5.41) is 10.3. The van der Waals surface area contributed by atoms with Crippen molar-refractivity contribution in [1.29, 1.82) is 0 Å². The van der Waals surface area contributed by atoms with Crippen molar-refractivity contribution in [3.63, 3.8) is 0 Å². The average Bonchev–Trinajstić information content (AvgIpc) is 2.28.